The molecule has 2 amide bonds. The third kappa shape index (κ3) is 5.63. The smallest absolute Gasteiger partial charge is 0.320 e. The lowest BCUT2D eigenvalue weighted by atomic mass is 10.2. The second-order valence-corrected chi connectivity index (χ2v) is 5.42. The number of likely N-dealkylation sites (N-methyl/N-ethyl adjacent to an activating group) is 1. The molecule has 0 aliphatic carbocycles. The Labute approximate surface area is 136 Å². The van der Waals surface area contributed by atoms with E-state index in [-0.39, 0.29) is 6.03 Å². The maximum atomic E-state index is 11.9. The zero-order valence-electron chi connectivity index (χ0n) is 13.7. The van der Waals surface area contributed by atoms with Crippen LogP contribution in [0.1, 0.15) is 5.56 Å². The van der Waals surface area contributed by atoms with Crippen LogP contribution < -0.4 is 15.4 Å². The lowest BCUT2D eigenvalue weighted by molar-refractivity contribution is 0.251. The largest absolute Gasteiger partial charge is 0.497 e. The molecule has 0 saturated heterocycles. The van der Waals surface area contributed by atoms with Gasteiger partial charge in [-0.3, -0.25) is 10.00 Å². The van der Waals surface area contributed by atoms with E-state index in [2.05, 4.69) is 20.6 Å². The van der Waals surface area contributed by atoms with Crippen molar-refractivity contribution in [3.63, 3.8) is 0 Å². The third-order valence-corrected chi connectivity index (χ3v) is 3.27. The van der Waals surface area contributed by atoms with Crippen LogP contribution in [0, 0.1) is 0 Å². The van der Waals surface area contributed by atoms with Crippen LogP contribution in [0.4, 0.5) is 10.6 Å². The van der Waals surface area contributed by atoms with Crippen LogP contribution >= 0.6 is 0 Å². The number of urea groups is 1. The Morgan fingerprint density at radius 2 is 2.00 bits per heavy atom. The van der Waals surface area contributed by atoms with Crippen molar-refractivity contribution in [2.75, 3.05) is 33.1 Å². The third-order valence-electron chi connectivity index (χ3n) is 3.27. The van der Waals surface area contributed by atoms with Crippen molar-refractivity contribution >= 4 is 11.8 Å². The van der Waals surface area contributed by atoms with E-state index in [9.17, 15) is 4.79 Å². The lowest BCUT2D eigenvalue weighted by Gasteiger charge is -2.09. The SMILES string of the molecule is COc1ccc(CNC(=O)Nc2ccn(CCN(C)C)n2)cc1. The molecule has 0 bridgehead atoms. The van der Waals surface area contributed by atoms with E-state index in [0.717, 1.165) is 24.4 Å². The van der Waals surface area contributed by atoms with Crippen molar-refractivity contribution < 1.29 is 9.53 Å². The zero-order chi connectivity index (χ0) is 16.7. The molecule has 1 heterocycles. The Hall–Kier alpha value is -2.54. The number of amides is 2. The molecule has 124 valence electrons. The molecular formula is C16H23N5O2. The van der Waals surface area contributed by atoms with Crippen LogP contribution in [0.25, 0.3) is 0 Å². The fourth-order valence-electron chi connectivity index (χ4n) is 1.94. The maximum Gasteiger partial charge on any atom is 0.320 e. The first kappa shape index (κ1) is 16.8. The normalized spacial score (nSPS) is 10.6. The minimum atomic E-state index is -0.279. The van der Waals surface area contributed by atoms with Gasteiger partial charge in [0.15, 0.2) is 5.82 Å². The van der Waals surface area contributed by atoms with E-state index in [4.69, 9.17) is 4.74 Å². The van der Waals surface area contributed by atoms with Crippen LogP contribution in [-0.2, 0) is 13.1 Å². The first-order valence-electron chi connectivity index (χ1n) is 7.43. The van der Waals surface area contributed by atoms with E-state index in [1.54, 1.807) is 17.9 Å². The second kappa shape index (κ2) is 8.19. The highest BCUT2D eigenvalue weighted by molar-refractivity contribution is 5.88. The van der Waals surface area contributed by atoms with E-state index in [0.29, 0.717) is 12.4 Å². The number of hydrogen-bond acceptors (Lipinski definition) is 4. The summed E-state index contributed by atoms with van der Waals surface area (Å²) in [5.74, 6) is 1.33. The molecule has 1 aromatic heterocycles. The monoisotopic (exact) mass is 317 g/mol. The van der Waals surface area contributed by atoms with Gasteiger partial charge in [-0.15, -0.1) is 0 Å². The summed E-state index contributed by atoms with van der Waals surface area (Å²) in [7, 11) is 5.64. The van der Waals surface area contributed by atoms with Gasteiger partial charge in [-0.2, -0.15) is 5.10 Å². The van der Waals surface area contributed by atoms with Crippen LogP contribution in [0.3, 0.4) is 0 Å². The van der Waals surface area contributed by atoms with Crippen LogP contribution in [0.5, 0.6) is 5.75 Å². The van der Waals surface area contributed by atoms with Crippen molar-refractivity contribution in [2.45, 2.75) is 13.1 Å². The van der Waals surface area contributed by atoms with Crippen molar-refractivity contribution in [1.29, 1.82) is 0 Å². The first-order valence-corrected chi connectivity index (χ1v) is 7.43. The van der Waals surface area contributed by atoms with Crippen LogP contribution in [0.2, 0.25) is 0 Å². The van der Waals surface area contributed by atoms with Crippen molar-refractivity contribution in [2.24, 2.45) is 0 Å². The standard InChI is InChI=1S/C16H23N5O2/c1-20(2)10-11-21-9-8-15(19-21)18-16(22)17-12-13-4-6-14(23-3)7-5-13/h4-9H,10-12H2,1-3H3,(H2,17,18,19,22). The molecule has 0 aliphatic heterocycles. The molecule has 7 heteroatoms. The summed E-state index contributed by atoms with van der Waals surface area (Å²) in [4.78, 5) is 14.0. The van der Waals surface area contributed by atoms with Crippen LogP contribution in [0.15, 0.2) is 36.5 Å². The van der Waals surface area contributed by atoms with Gasteiger partial charge in [0.05, 0.1) is 13.7 Å². The molecule has 2 rings (SSSR count). The number of nitrogens with zero attached hydrogens (tertiary/aromatic N) is 3. The highest BCUT2D eigenvalue weighted by Crippen LogP contribution is 2.11. The molecule has 0 aliphatic rings. The van der Waals surface area contributed by atoms with Gasteiger partial charge in [-0.25, -0.2) is 4.79 Å². The van der Waals surface area contributed by atoms with Crippen LogP contribution in [-0.4, -0.2) is 48.5 Å². The van der Waals surface area contributed by atoms with Gasteiger partial charge in [-0.1, -0.05) is 12.1 Å². The summed E-state index contributed by atoms with van der Waals surface area (Å²) in [5.41, 5.74) is 0.998. The molecular weight excluding hydrogens is 294 g/mol. The van der Waals surface area contributed by atoms with E-state index in [1.165, 1.54) is 0 Å². The number of carbonyl (C=O) groups is 1. The lowest BCUT2D eigenvalue weighted by Crippen LogP contribution is -2.28. The molecule has 0 spiro atoms. The maximum absolute atomic E-state index is 11.9. The van der Waals surface area contributed by atoms with Gasteiger partial charge in [0.25, 0.3) is 0 Å². The molecule has 7 nitrogen and oxygen atoms in total. The number of ether oxygens (including phenoxy) is 1. The molecule has 23 heavy (non-hydrogen) atoms. The number of carbonyl (C=O) groups excluding carboxylic acids is 1. The van der Waals surface area contributed by atoms with Gasteiger partial charge in [0.2, 0.25) is 0 Å². The molecule has 2 aromatic rings. The number of anilines is 1. The van der Waals surface area contributed by atoms with Crippen molar-refractivity contribution in [1.82, 2.24) is 20.0 Å². The summed E-state index contributed by atoms with van der Waals surface area (Å²) in [6.07, 6.45) is 1.85. The average molecular weight is 317 g/mol. The van der Waals surface area contributed by atoms with E-state index in [1.807, 2.05) is 44.6 Å². The summed E-state index contributed by atoms with van der Waals surface area (Å²) in [5, 5.41) is 9.82. The second-order valence-electron chi connectivity index (χ2n) is 5.42. The number of methoxy groups -OCH3 is 1. The van der Waals surface area contributed by atoms with E-state index < -0.39 is 0 Å². The molecule has 1 aromatic carbocycles. The van der Waals surface area contributed by atoms with E-state index >= 15 is 0 Å². The Balaban J connectivity index is 1.77. The van der Waals surface area contributed by atoms with Crippen molar-refractivity contribution in [3.05, 3.63) is 42.1 Å². The number of rotatable bonds is 7. The summed E-state index contributed by atoms with van der Waals surface area (Å²) in [6.45, 7) is 2.12. The quantitative estimate of drug-likeness (QED) is 0.816. The topological polar surface area (TPSA) is 71.4 Å². The molecule has 0 saturated carbocycles. The summed E-state index contributed by atoms with van der Waals surface area (Å²) >= 11 is 0. The Kier molecular flexibility index (Phi) is 5.99. The number of benzene rings is 1. The van der Waals surface area contributed by atoms with Gasteiger partial charge in [-0.05, 0) is 31.8 Å². The highest BCUT2D eigenvalue weighted by Gasteiger charge is 2.05. The van der Waals surface area contributed by atoms with Crippen molar-refractivity contribution in [3.8, 4) is 5.75 Å². The minimum Gasteiger partial charge on any atom is -0.497 e. The Morgan fingerprint density at radius 1 is 1.26 bits per heavy atom. The molecule has 0 atom stereocenters. The number of hydrogen-bond donors (Lipinski definition) is 2. The molecule has 2 N–H and O–H groups in total. The predicted octanol–water partition coefficient (Wildman–Crippen LogP) is 1.77. The van der Waals surface area contributed by atoms with Gasteiger partial charge >= 0.3 is 6.03 Å². The molecule has 0 radical (unpaired) electrons. The van der Waals surface area contributed by atoms with Gasteiger partial charge in [0, 0.05) is 25.4 Å². The number of nitrogens with one attached hydrogen (secondary N) is 2. The Morgan fingerprint density at radius 3 is 2.65 bits per heavy atom. The zero-order valence-corrected chi connectivity index (χ0v) is 13.7. The Bertz CT molecular complexity index is 622. The van der Waals surface area contributed by atoms with Gasteiger partial charge < -0.3 is 15.0 Å². The number of aromatic nitrogens is 2. The average Bonchev–Trinajstić information content (AvgIpc) is 2.99. The predicted molar refractivity (Wildman–Crippen MR) is 89.6 cm³/mol. The summed E-state index contributed by atoms with van der Waals surface area (Å²) in [6, 6.07) is 9.05. The first-order chi connectivity index (χ1) is 11.1. The minimum absolute atomic E-state index is 0.279. The highest BCUT2D eigenvalue weighted by atomic mass is 16.5. The molecule has 0 fully saturated rings. The fraction of sp³-hybridized carbons (Fsp3) is 0.375. The summed E-state index contributed by atoms with van der Waals surface area (Å²) < 4.78 is 6.90. The molecule has 0 unspecified atom stereocenters. The fourth-order valence-corrected chi connectivity index (χ4v) is 1.94. The van der Waals surface area contributed by atoms with Gasteiger partial charge in [0.1, 0.15) is 5.75 Å².